The van der Waals surface area contributed by atoms with Crippen molar-refractivity contribution in [1.29, 1.82) is 0 Å². The number of nitrogens with zero attached hydrogens (tertiary/aromatic N) is 1. The van der Waals surface area contributed by atoms with Crippen LogP contribution in [0, 0.1) is 5.92 Å². The van der Waals surface area contributed by atoms with E-state index in [4.69, 9.17) is 0 Å². The van der Waals surface area contributed by atoms with E-state index in [-0.39, 0.29) is 5.91 Å². The van der Waals surface area contributed by atoms with Crippen LogP contribution in [-0.4, -0.2) is 50.1 Å². The molecule has 0 aromatic carbocycles. The standard InChI is InChI=1S/C12H25N3O/c1-4-14-12(16)9-15-7-5-6-11(8-15)10(2)13-3/h10-11,13H,4-9H2,1-3H3,(H,14,16). The minimum Gasteiger partial charge on any atom is -0.355 e. The Bertz CT molecular complexity index is 220. The molecule has 1 fully saturated rings. The maximum atomic E-state index is 11.5. The van der Waals surface area contributed by atoms with Gasteiger partial charge in [-0.3, -0.25) is 9.69 Å². The Morgan fingerprint density at radius 3 is 2.94 bits per heavy atom. The zero-order valence-electron chi connectivity index (χ0n) is 10.8. The summed E-state index contributed by atoms with van der Waals surface area (Å²) in [5.74, 6) is 0.827. The molecule has 1 heterocycles. The summed E-state index contributed by atoms with van der Waals surface area (Å²) in [6.45, 7) is 7.56. The average molecular weight is 227 g/mol. The highest BCUT2D eigenvalue weighted by molar-refractivity contribution is 5.77. The number of carbonyl (C=O) groups excluding carboxylic acids is 1. The minimum absolute atomic E-state index is 0.153. The smallest absolute Gasteiger partial charge is 0.234 e. The van der Waals surface area contributed by atoms with Crippen molar-refractivity contribution in [2.24, 2.45) is 5.92 Å². The van der Waals surface area contributed by atoms with Crippen molar-refractivity contribution >= 4 is 5.91 Å². The van der Waals surface area contributed by atoms with E-state index in [2.05, 4.69) is 22.5 Å². The molecular formula is C12H25N3O. The lowest BCUT2D eigenvalue weighted by molar-refractivity contribution is -0.122. The van der Waals surface area contributed by atoms with Crippen LogP contribution in [-0.2, 0) is 4.79 Å². The van der Waals surface area contributed by atoms with Crippen molar-refractivity contribution in [2.45, 2.75) is 32.7 Å². The SMILES string of the molecule is CCNC(=O)CN1CCCC(C(C)NC)C1. The van der Waals surface area contributed by atoms with E-state index >= 15 is 0 Å². The normalized spacial score (nSPS) is 24.1. The minimum atomic E-state index is 0.153. The fraction of sp³-hybridized carbons (Fsp3) is 0.917. The van der Waals surface area contributed by atoms with E-state index in [1.165, 1.54) is 12.8 Å². The van der Waals surface area contributed by atoms with Crippen LogP contribution in [0.4, 0.5) is 0 Å². The molecule has 16 heavy (non-hydrogen) atoms. The van der Waals surface area contributed by atoms with Gasteiger partial charge in [0.1, 0.15) is 0 Å². The van der Waals surface area contributed by atoms with Gasteiger partial charge in [0.2, 0.25) is 5.91 Å². The van der Waals surface area contributed by atoms with Crippen molar-refractivity contribution in [3.8, 4) is 0 Å². The summed E-state index contributed by atoms with van der Waals surface area (Å²) in [5, 5.41) is 6.16. The second kappa shape index (κ2) is 6.86. The first-order chi connectivity index (χ1) is 7.67. The van der Waals surface area contributed by atoms with Gasteiger partial charge in [0.05, 0.1) is 6.54 Å². The maximum absolute atomic E-state index is 11.5. The molecule has 1 saturated heterocycles. The molecule has 0 bridgehead atoms. The van der Waals surface area contributed by atoms with Crippen molar-refractivity contribution < 1.29 is 4.79 Å². The van der Waals surface area contributed by atoms with Gasteiger partial charge in [0, 0.05) is 19.1 Å². The van der Waals surface area contributed by atoms with Gasteiger partial charge < -0.3 is 10.6 Å². The van der Waals surface area contributed by atoms with Crippen molar-refractivity contribution in [1.82, 2.24) is 15.5 Å². The van der Waals surface area contributed by atoms with Crippen LogP contribution in [0.1, 0.15) is 26.7 Å². The predicted octanol–water partition coefficient (Wildman–Crippen LogP) is 0.442. The molecule has 4 nitrogen and oxygen atoms in total. The van der Waals surface area contributed by atoms with Gasteiger partial charge in [0.15, 0.2) is 0 Å². The van der Waals surface area contributed by atoms with E-state index in [0.29, 0.717) is 18.5 Å². The lowest BCUT2D eigenvalue weighted by Gasteiger charge is -2.35. The highest BCUT2D eigenvalue weighted by Gasteiger charge is 2.24. The lowest BCUT2D eigenvalue weighted by atomic mass is 9.92. The summed E-state index contributed by atoms with van der Waals surface area (Å²) in [6.07, 6.45) is 2.48. The molecule has 0 aromatic rings. The van der Waals surface area contributed by atoms with Crippen LogP contribution in [0.5, 0.6) is 0 Å². The second-order valence-corrected chi connectivity index (χ2v) is 4.67. The van der Waals surface area contributed by atoms with Gasteiger partial charge in [0.25, 0.3) is 0 Å². The Morgan fingerprint density at radius 1 is 1.56 bits per heavy atom. The topological polar surface area (TPSA) is 44.4 Å². The third-order valence-electron chi connectivity index (χ3n) is 3.45. The van der Waals surface area contributed by atoms with Crippen LogP contribution in [0.25, 0.3) is 0 Å². The summed E-state index contributed by atoms with van der Waals surface area (Å²) in [5.41, 5.74) is 0. The number of rotatable bonds is 5. The molecule has 4 heteroatoms. The van der Waals surface area contributed by atoms with E-state index in [9.17, 15) is 4.79 Å². The van der Waals surface area contributed by atoms with Gasteiger partial charge in [-0.25, -0.2) is 0 Å². The van der Waals surface area contributed by atoms with Gasteiger partial charge >= 0.3 is 0 Å². The number of nitrogens with one attached hydrogen (secondary N) is 2. The van der Waals surface area contributed by atoms with E-state index in [1.54, 1.807) is 0 Å². The molecule has 0 aromatic heterocycles. The van der Waals surface area contributed by atoms with E-state index in [1.807, 2.05) is 14.0 Å². The van der Waals surface area contributed by atoms with Crippen molar-refractivity contribution in [3.05, 3.63) is 0 Å². The Balaban J connectivity index is 2.35. The number of hydrogen-bond acceptors (Lipinski definition) is 3. The van der Waals surface area contributed by atoms with Crippen LogP contribution in [0.3, 0.4) is 0 Å². The third kappa shape index (κ3) is 4.10. The molecule has 0 spiro atoms. The number of likely N-dealkylation sites (tertiary alicyclic amines) is 1. The van der Waals surface area contributed by atoms with Crippen LogP contribution < -0.4 is 10.6 Å². The molecule has 94 valence electrons. The lowest BCUT2D eigenvalue weighted by Crippen LogP contribution is -2.46. The third-order valence-corrected chi connectivity index (χ3v) is 3.45. The molecule has 0 radical (unpaired) electrons. The molecule has 0 aliphatic carbocycles. The number of hydrogen-bond donors (Lipinski definition) is 2. The highest BCUT2D eigenvalue weighted by atomic mass is 16.2. The van der Waals surface area contributed by atoms with Crippen LogP contribution in [0.2, 0.25) is 0 Å². The van der Waals surface area contributed by atoms with Crippen molar-refractivity contribution in [3.63, 3.8) is 0 Å². The maximum Gasteiger partial charge on any atom is 0.234 e. The van der Waals surface area contributed by atoms with E-state index in [0.717, 1.165) is 19.6 Å². The van der Waals surface area contributed by atoms with E-state index < -0.39 is 0 Å². The molecule has 1 amide bonds. The molecule has 1 aliphatic heterocycles. The molecule has 1 rings (SSSR count). The highest BCUT2D eigenvalue weighted by Crippen LogP contribution is 2.19. The monoisotopic (exact) mass is 227 g/mol. The van der Waals surface area contributed by atoms with Gasteiger partial charge in [-0.15, -0.1) is 0 Å². The van der Waals surface area contributed by atoms with Gasteiger partial charge in [-0.05, 0) is 46.2 Å². The summed E-state index contributed by atoms with van der Waals surface area (Å²) < 4.78 is 0. The van der Waals surface area contributed by atoms with Crippen LogP contribution >= 0.6 is 0 Å². The molecule has 0 saturated carbocycles. The summed E-state index contributed by atoms with van der Waals surface area (Å²) in [6, 6.07) is 0.539. The number of carbonyl (C=O) groups is 1. The van der Waals surface area contributed by atoms with Gasteiger partial charge in [-0.2, -0.15) is 0 Å². The summed E-state index contributed by atoms with van der Waals surface area (Å²) in [7, 11) is 2.01. The first-order valence-corrected chi connectivity index (χ1v) is 6.33. The fourth-order valence-electron chi connectivity index (χ4n) is 2.33. The summed E-state index contributed by atoms with van der Waals surface area (Å²) in [4.78, 5) is 13.8. The second-order valence-electron chi connectivity index (χ2n) is 4.67. The zero-order valence-corrected chi connectivity index (χ0v) is 10.8. The largest absolute Gasteiger partial charge is 0.355 e. The van der Waals surface area contributed by atoms with Gasteiger partial charge in [-0.1, -0.05) is 0 Å². The Labute approximate surface area is 98.8 Å². The Morgan fingerprint density at radius 2 is 2.31 bits per heavy atom. The first kappa shape index (κ1) is 13.5. The molecule has 2 atom stereocenters. The number of piperidine rings is 1. The van der Waals surface area contributed by atoms with Crippen LogP contribution in [0.15, 0.2) is 0 Å². The average Bonchev–Trinajstić information content (AvgIpc) is 2.28. The Hall–Kier alpha value is -0.610. The number of amides is 1. The first-order valence-electron chi connectivity index (χ1n) is 6.33. The van der Waals surface area contributed by atoms with Crippen molar-refractivity contribution in [2.75, 3.05) is 33.2 Å². The zero-order chi connectivity index (χ0) is 12.0. The number of likely N-dealkylation sites (N-methyl/N-ethyl adjacent to an activating group) is 1. The molecule has 1 aliphatic rings. The molecule has 2 unspecified atom stereocenters. The quantitative estimate of drug-likeness (QED) is 0.716. The Kier molecular flexibility index (Phi) is 5.77. The molecular weight excluding hydrogens is 202 g/mol. The summed E-state index contributed by atoms with van der Waals surface area (Å²) >= 11 is 0. The fourth-order valence-corrected chi connectivity index (χ4v) is 2.33. The molecule has 2 N–H and O–H groups in total. The predicted molar refractivity (Wildman–Crippen MR) is 66.4 cm³/mol.